The molecule has 2 atom stereocenters. The number of amides is 5. The number of carbonyl (C=O) groups is 5. The van der Waals surface area contributed by atoms with Crippen molar-refractivity contribution in [3.8, 4) is 11.3 Å². The second kappa shape index (κ2) is 18.2. The summed E-state index contributed by atoms with van der Waals surface area (Å²) in [5, 5.41) is 6.15. The van der Waals surface area contributed by atoms with Crippen molar-refractivity contribution in [2.24, 2.45) is 11.8 Å². The summed E-state index contributed by atoms with van der Waals surface area (Å²) in [5.74, 6) is 1.31. The van der Waals surface area contributed by atoms with Gasteiger partial charge in [0.05, 0.1) is 28.9 Å². The maximum atomic E-state index is 15.3. The predicted octanol–water partition coefficient (Wildman–Crippen LogP) is 7.08. The predicted molar refractivity (Wildman–Crippen MR) is 278 cm³/mol. The lowest BCUT2D eigenvalue weighted by atomic mass is 9.73. The third-order valence-corrected chi connectivity index (χ3v) is 18.9. The number of imidazole rings is 1. The van der Waals surface area contributed by atoms with Gasteiger partial charge in [-0.15, -0.1) is 0 Å². The number of carbonyl (C=O) groups excluding carboxylic acids is 5. The molecule has 3 aliphatic carbocycles. The lowest BCUT2D eigenvalue weighted by molar-refractivity contribution is -0.148. The molecule has 8 fully saturated rings. The Balaban J connectivity index is 0.678. The van der Waals surface area contributed by atoms with E-state index >= 15 is 4.79 Å². The normalized spacial score (nSPS) is 27.2. The van der Waals surface area contributed by atoms with Crippen molar-refractivity contribution in [2.45, 2.75) is 164 Å². The van der Waals surface area contributed by atoms with Crippen LogP contribution in [0.1, 0.15) is 146 Å². The average Bonchev–Trinajstić information content (AvgIpc) is 4.32. The van der Waals surface area contributed by atoms with Crippen LogP contribution in [0.4, 0.5) is 17.3 Å². The maximum Gasteiger partial charge on any atom is 0.238 e. The Hall–Kier alpha value is -5.90. The fourth-order valence-corrected chi connectivity index (χ4v) is 14.2. The molecule has 13 rings (SSSR count). The van der Waals surface area contributed by atoms with Crippen LogP contribution in [-0.2, 0) is 29.4 Å². The fourth-order valence-electron chi connectivity index (χ4n) is 14.2. The van der Waals surface area contributed by atoms with E-state index in [4.69, 9.17) is 15.0 Å². The molecule has 16 nitrogen and oxygen atoms in total. The monoisotopic (exact) mass is 990 g/mol. The quantitative estimate of drug-likeness (QED) is 0.156. The van der Waals surface area contributed by atoms with Gasteiger partial charge in [-0.3, -0.25) is 29.3 Å². The summed E-state index contributed by atoms with van der Waals surface area (Å²) in [6, 6.07) is 13.9. The Bertz CT molecular complexity index is 2840. The summed E-state index contributed by atoms with van der Waals surface area (Å²) in [6.07, 6.45) is 18.6. The van der Waals surface area contributed by atoms with E-state index in [0.717, 1.165) is 135 Å². The van der Waals surface area contributed by atoms with E-state index in [1.165, 1.54) is 19.3 Å². The highest BCUT2D eigenvalue weighted by molar-refractivity contribution is 6.09. The van der Waals surface area contributed by atoms with Gasteiger partial charge in [0.25, 0.3) is 0 Å². The molecule has 384 valence electrons. The minimum absolute atomic E-state index is 0.0589. The molecular formula is C57H71N11O5. The largest absolute Gasteiger partial charge is 0.366 e. The number of likely N-dealkylation sites (tertiary alicyclic amines) is 3. The van der Waals surface area contributed by atoms with Crippen LogP contribution in [0.3, 0.4) is 0 Å². The fraction of sp³-hybridized carbons (Fsp3) is 0.614. The molecule has 0 bridgehead atoms. The summed E-state index contributed by atoms with van der Waals surface area (Å²) in [4.78, 5) is 94.4. The number of nitrogens with zero attached hydrogens (tertiary/aromatic N) is 9. The van der Waals surface area contributed by atoms with Gasteiger partial charge in [0.1, 0.15) is 11.3 Å². The Morgan fingerprint density at radius 1 is 0.781 bits per heavy atom. The number of benzene rings is 1. The van der Waals surface area contributed by atoms with Crippen molar-refractivity contribution in [3.63, 3.8) is 0 Å². The zero-order valence-electron chi connectivity index (χ0n) is 42.7. The molecule has 3 aromatic heterocycles. The number of pyridine rings is 2. The van der Waals surface area contributed by atoms with Gasteiger partial charge in [-0.05, 0) is 153 Å². The first-order chi connectivity index (χ1) is 35.4. The second-order valence-electron chi connectivity index (χ2n) is 23.7. The van der Waals surface area contributed by atoms with Crippen molar-refractivity contribution in [1.82, 2.24) is 39.5 Å². The first-order valence-electron chi connectivity index (χ1n) is 28.0. The van der Waals surface area contributed by atoms with Crippen molar-refractivity contribution in [3.05, 3.63) is 60.0 Å². The van der Waals surface area contributed by atoms with Crippen LogP contribution >= 0.6 is 0 Å². The van der Waals surface area contributed by atoms with E-state index in [1.54, 1.807) is 6.20 Å². The summed E-state index contributed by atoms with van der Waals surface area (Å²) < 4.78 is 2.20. The summed E-state index contributed by atoms with van der Waals surface area (Å²) in [6.45, 7) is 9.81. The molecule has 1 aromatic carbocycles. The molecule has 5 saturated heterocycles. The van der Waals surface area contributed by atoms with Crippen LogP contribution in [0.15, 0.2) is 48.9 Å². The molecule has 3 saturated carbocycles. The number of fused-ring (bicyclic) bond motifs is 3. The smallest absolute Gasteiger partial charge is 0.238 e. The van der Waals surface area contributed by atoms with Crippen LogP contribution in [-0.4, -0.2) is 133 Å². The minimum atomic E-state index is -0.675. The summed E-state index contributed by atoms with van der Waals surface area (Å²) in [7, 11) is 0. The van der Waals surface area contributed by atoms with Crippen molar-refractivity contribution in [1.29, 1.82) is 0 Å². The number of hydrogen-bond donors (Lipinski definition) is 2. The molecular weight excluding hydrogens is 919 g/mol. The standard InChI is InChI=1S/C57H71N11O5/c1-35(2)66-34-59-46-31-45(61-51(50(46)66)60-40-8-9-40)37-6-11-44-47(28-37)68(42-29-41(30-42)63-21-4-3-5-22-63)55(73)57(44)19-26-65(27-20-57)53(71)38-16-25-67(56(32-38)17-18-56)54(72)36-14-23-64(24-15-36)48-12-7-39(33-58-48)43-10-13-49(69)62-52(43)70/h6-7,11-12,28,31,33-36,38,40-43H,3-5,8-10,13-27,29-30,32H2,1-2H3,(H,60,61)(H,62,69,70)/t38?,41-,42+,43?. The van der Waals surface area contributed by atoms with Gasteiger partial charge in [0.15, 0.2) is 5.82 Å². The SMILES string of the molecule is CC(C)n1cnc2cc(-c3ccc4c(c3)N([C@H]3C[C@@H](N5CCCCC5)C3)C(=O)C43CCN(C(=O)C4CCN(C(=O)C5CCN(c6ccc(C7CCC(=O)NC7=O)cn6)CC5)C5(CC5)C4)CC3)nc(NC3CC3)c21. The van der Waals surface area contributed by atoms with Gasteiger partial charge in [0.2, 0.25) is 29.5 Å². The molecule has 0 radical (unpaired) electrons. The van der Waals surface area contributed by atoms with E-state index in [1.807, 2.05) is 23.4 Å². The van der Waals surface area contributed by atoms with Crippen molar-refractivity contribution < 1.29 is 24.0 Å². The van der Waals surface area contributed by atoms with Gasteiger partial charge in [-0.1, -0.05) is 24.6 Å². The number of imide groups is 1. The maximum absolute atomic E-state index is 15.3. The van der Waals surface area contributed by atoms with Crippen molar-refractivity contribution >= 4 is 57.9 Å². The first-order valence-corrected chi connectivity index (χ1v) is 28.0. The zero-order chi connectivity index (χ0) is 49.8. The van der Waals surface area contributed by atoms with E-state index < -0.39 is 5.41 Å². The number of anilines is 3. The molecule has 5 amide bonds. The van der Waals surface area contributed by atoms with Crippen LogP contribution in [0, 0.1) is 11.8 Å². The van der Waals surface area contributed by atoms with E-state index in [9.17, 15) is 19.2 Å². The lowest BCUT2D eigenvalue weighted by Gasteiger charge is -2.48. The molecule has 9 heterocycles. The first kappa shape index (κ1) is 46.9. The van der Waals surface area contributed by atoms with Gasteiger partial charge < -0.3 is 34.4 Å². The molecule has 6 aliphatic heterocycles. The Labute approximate surface area is 428 Å². The number of nitrogens with one attached hydrogen (secondary N) is 2. The van der Waals surface area contributed by atoms with E-state index in [0.29, 0.717) is 63.8 Å². The van der Waals surface area contributed by atoms with E-state index in [-0.39, 0.29) is 64.9 Å². The van der Waals surface area contributed by atoms with E-state index in [2.05, 4.69) is 72.9 Å². The molecule has 9 aliphatic rings. The van der Waals surface area contributed by atoms with Crippen LogP contribution in [0.25, 0.3) is 22.3 Å². The average molecular weight is 990 g/mol. The van der Waals surface area contributed by atoms with Gasteiger partial charge in [-0.25, -0.2) is 15.0 Å². The van der Waals surface area contributed by atoms with Gasteiger partial charge in [0, 0.05) is 98.1 Å². The molecule has 4 aromatic rings. The molecule has 2 spiro atoms. The summed E-state index contributed by atoms with van der Waals surface area (Å²) in [5.41, 5.74) is 5.84. The third kappa shape index (κ3) is 8.28. The van der Waals surface area contributed by atoms with Gasteiger partial charge in [-0.2, -0.15) is 0 Å². The molecule has 2 unspecified atom stereocenters. The number of hydrogen-bond acceptors (Lipinski definition) is 11. The highest BCUT2D eigenvalue weighted by atomic mass is 16.2. The second-order valence-corrected chi connectivity index (χ2v) is 23.7. The number of rotatable bonds is 10. The Kier molecular flexibility index (Phi) is 11.7. The number of aromatic nitrogens is 4. The third-order valence-electron chi connectivity index (χ3n) is 18.9. The molecule has 2 N–H and O–H groups in total. The summed E-state index contributed by atoms with van der Waals surface area (Å²) >= 11 is 0. The lowest BCUT2D eigenvalue weighted by Crippen LogP contribution is -2.59. The highest BCUT2D eigenvalue weighted by Crippen LogP contribution is 2.54. The number of piperidine rings is 5. The topological polar surface area (TPSA) is 169 Å². The van der Waals surface area contributed by atoms with Crippen molar-refractivity contribution in [2.75, 3.05) is 60.9 Å². The van der Waals surface area contributed by atoms with Gasteiger partial charge >= 0.3 is 0 Å². The van der Waals surface area contributed by atoms with Crippen LogP contribution < -0.4 is 20.4 Å². The zero-order valence-corrected chi connectivity index (χ0v) is 42.7. The van der Waals surface area contributed by atoms with Crippen LogP contribution in [0.2, 0.25) is 0 Å². The Morgan fingerprint density at radius 2 is 1.55 bits per heavy atom. The highest BCUT2D eigenvalue weighted by Gasteiger charge is 2.58. The molecule has 73 heavy (non-hydrogen) atoms. The minimum Gasteiger partial charge on any atom is -0.366 e. The van der Waals surface area contributed by atoms with Crippen LogP contribution in [0.5, 0.6) is 0 Å². The molecule has 16 heteroatoms. The Morgan fingerprint density at radius 3 is 2.25 bits per heavy atom.